The third-order valence-corrected chi connectivity index (χ3v) is 3.58. The van der Waals surface area contributed by atoms with E-state index in [9.17, 15) is 4.79 Å². The summed E-state index contributed by atoms with van der Waals surface area (Å²) in [5, 5.41) is 8.54. The minimum Gasteiger partial charge on any atom is -0.466 e. The van der Waals surface area contributed by atoms with Gasteiger partial charge in [0.05, 0.1) is 19.6 Å². The topological polar surface area (TPSA) is 46.5 Å². The number of hydrogen-bond donors (Lipinski definition) is 1. The molecule has 0 amide bonds. The van der Waals surface area contributed by atoms with E-state index in [1.165, 1.54) is 64.2 Å². The molecule has 3 heteroatoms. The lowest BCUT2D eigenvalue weighted by Gasteiger charge is -2.04. The summed E-state index contributed by atoms with van der Waals surface area (Å²) in [4.78, 5) is 11.0. The lowest BCUT2D eigenvalue weighted by molar-refractivity contribution is -0.144. The number of carbonyl (C=O) groups is 1. The van der Waals surface area contributed by atoms with E-state index in [1.54, 1.807) is 0 Å². The fraction of sp³-hybridized carbons (Fsp3) is 0.941. The fourth-order valence-corrected chi connectivity index (χ4v) is 2.29. The van der Waals surface area contributed by atoms with Gasteiger partial charge in [0.25, 0.3) is 0 Å². The monoisotopic (exact) mass is 286 g/mol. The van der Waals surface area contributed by atoms with Crippen molar-refractivity contribution in [3.8, 4) is 0 Å². The van der Waals surface area contributed by atoms with Gasteiger partial charge in [-0.15, -0.1) is 0 Å². The second kappa shape index (κ2) is 16.5. The molecule has 0 aromatic rings. The van der Waals surface area contributed by atoms with Gasteiger partial charge in [0.1, 0.15) is 0 Å². The maximum Gasteiger partial charge on any atom is 0.308 e. The van der Waals surface area contributed by atoms with Crippen molar-refractivity contribution in [2.45, 2.75) is 90.4 Å². The number of rotatable bonds is 15. The zero-order valence-corrected chi connectivity index (χ0v) is 13.4. The van der Waals surface area contributed by atoms with E-state index in [0.717, 1.165) is 12.8 Å². The molecule has 0 radical (unpaired) electrons. The quantitative estimate of drug-likeness (QED) is 0.353. The molecule has 0 saturated heterocycles. The van der Waals surface area contributed by atoms with E-state index in [0.29, 0.717) is 6.61 Å². The minimum atomic E-state index is -0.282. The van der Waals surface area contributed by atoms with Crippen molar-refractivity contribution in [1.82, 2.24) is 0 Å². The SMILES string of the molecule is CCCCCCCCCCCCCCOC(=O)CCO. The van der Waals surface area contributed by atoms with Crippen LogP contribution in [0.2, 0.25) is 0 Å². The van der Waals surface area contributed by atoms with Crippen LogP contribution in [0.5, 0.6) is 0 Å². The number of hydrogen-bond acceptors (Lipinski definition) is 3. The Bertz CT molecular complexity index is 204. The molecule has 0 rings (SSSR count). The molecule has 3 nitrogen and oxygen atoms in total. The third kappa shape index (κ3) is 15.5. The fourth-order valence-electron chi connectivity index (χ4n) is 2.29. The van der Waals surface area contributed by atoms with Gasteiger partial charge in [-0.05, 0) is 6.42 Å². The first-order chi connectivity index (χ1) is 9.81. The Morgan fingerprint density at radius 2 is 1.25 bits per heavy atom. The Morgan fingerprint density at radius 3 is 1.70 bits per heavy atom. The zero-order chi connectivity index (χ0) is 14.9. The van der Waals surface area contributed by atoms with Crippen molar-refractivity contribution in [1.29, 1.82) is 0 Å². The van der Waals surface area contributed by atoms with Crippen molar-refractivity contribution in [2.75, 3.05) is 13.2 Å². The standard InChI is InChI=1S/C17H34O3/c1-2-3-4-5-6-7-8-9-10-11-12-13-16-20-17(19)14-15-18/h18H,2-16H2,1H3. The Labute approximate surface area is 125 Å². The van der Waals surface area contributed by atoms with Crippen LogP contribution in [-0.2, 0) is 9.53 Å². The molecule has 0 fully saturated rings. The predicted molar refractivity (Wildman–Crippen MR) is 83.7 cm³/mol. The molecular weight excluding hydrogens is 252 g/mol. The summed E-state index contributed by atoms with van der Waals surface area (Å²) in [6.07, 6.45) is 15.8. The molecule has 0 bridgehead atoms. The highest BCUT2D eigenvalue weighted by Gasteiger charge is 2.00. The molecule has 0 aliphatic heterocycles. The molecule has 0 aromatic heterocycles. The number of ether oxygens (including phenoxy) is 1. The predicted octanol–water partition coefficient (Wildman–Crippen LogP) is 4.61. The summed E-state index contributed by atoms with van der Waals surface area (Å²) in [5.74, 6) is -0.282. The largest absolute Gasteiger partial charge is 0.466 e. The van der Waals surface area contributed by atoms with Crippen LogP contribution < -0.4 is 0 Å². The second-order valence-electron chi connectivity index (χ2n) is 5.58. The summed E-state index contributed by atoms with van der Waals surface area (Å²) >= 11 is 0. The van der Waals surface area contributed by atoms with Crippen molar-refractivity contribution in [3.05, 3.63) is 0 Å². The van der Waals surface area contributed by atoms with Crippen LogP contribution in [0.4, 0.5) is 0 Å². The van der Waals surface area contributed by atoms with Crippen molar-refractivity contribution >= 4 is 5.97 Å². The molecule has 0 aromatic carbocycles. The molecule has 0 atom stereocenters. The first kappa shape index (κ1) is 19.4. The molecule has 1 N–H and O–H groups in total. The van der Waals surface area contributed by atoms with Crippen molar-refractivity contribution in [2.24, 2.45) is 0 Å². The molecule has 120 valence electrons. The molecule has 20 heavy (non-hydrogen) atoms. The van der Waals surface area contributed by atoms with Gasteiger partial charge in [-0.25, -0.2) is 0 Å². The highest BCUT2D eigenvalue weighted by molar-refractivity contribution is 5.69. The molecular formula is C17H34O3. The summed E-state index contributed by atoms with van der Waals surface area (Å²) < 4.78 is 4.98. The molecule has 0 aliphatic carbocycles. The van der Waals surface area contributed by atoms with E-state index in [4.69, 9.17) is 9.84 Å². The van der Waals surface area contributed by atoms with Crippen molar-refractivity contribution in [3.63, 3.8) is 0 Å². The van der Waals surface area contributed by atoms with Crippen LogP contribution >= 0.6 is 0 Å². The number of esters is 1. The molecule has 0 aliphatic rings. The first-order valence-electron chi connectivity index (χ1n) is 8.57. The van der Waals surface area contributed by atoms with Gasteiger partial charge in [0.15, 0.2) is 0 Å². The Kier molecular flexibility index (Phi) is 16.0. The number of carbonyl (C=O) groups excluding carboxylic acids is 1. The molecule has 0 spiro atoms. The van der Waals surface area contributed by atoms with E-state index in [1.807, 2.05) is 0 Å². The first-order valence-corrected chi connectivity index (χ1v) is 8.57. The van der Waals surface area contributed by atoms with E-state index >= 15 is 0 Å². The molecule has 0 heterocycles. The van der Waals surface area contributed by atoms with Gasteiger partial charge in [-0.2, -0.15) is 0 Å². The van der Waals surface area contributed by atoms with Crippen LogP contribution in [0.3, 0.4) is 0 Å². The van der Waals surface area contributed by atoms with Crippen LogP contribution in [0, 0.1) is 0 Å². The van der Waals surface area contributed by atoms with E-state index < -0.39 is 0 Å². The Morgan fingerprint density at radius 1 is 0.800 bits per heavy atom. The van der Waals surface area contributed by atoms with Crippen LogP contribution in [-0.4, -0.2) is 24.3 Å². The van der Waals surface area contributed by atoms with E-state index in [2.05, 4.69) is 6.92 Å². The van der Waals surface area contributed by atoms with Gasteiger partial charge in [0, 0.05) is 0 Å². The van der Waals surface area contributed by atoms with Crippen LogP contribution in [0.1, 0.15) is 90.4 Å². The lowest BCUT2D eigenvalue weighted by atomic mass is 10.1. The van der Waals surface area contributed by atoms with Gasteiger partial charge >= 0.3 is 5.97 Å². The third-order valence-electron chi connectivity index (χ3n) is 3.58. The van der Waals surface area contributed by atoms with Crippen LogP contribution in [0.15, 0.2) is 0 Å². The highest BCUT2D eigenvalue weighted by atomic mass is 16.5. The van der Waals surface area contributed by atoms with Gasteiger partial charge in [-0.1, -0.05) is 77.6 Å². The maximum atomic E-state index is 11.0. The highest BCUT2D eigenvalue weighted by Crippen LogP contribution is 2.11. The number of aliphatic hydroxyl groups is 1. The molecule has 0 saturated carbocycles. The van der Waals surface area contributed by atoms with Gasteiger partial charge < -0.3 is 9.84 Å². The average Bonchev–Trinajstić information content (AvgIpc) is 2.44. The van der Waals surface area contributed by atoms with Crippen molar-refractivity contribution < 1.29 is 14.6 Å². The lowest BCUT2D eigenvalue weighted by Crippen LogP contribution is -2.07. The second-order valence-corrected chi connectivity index (χ2v) is 5.58. The summed E-state index contributed by atoms with van der Waals surface area (Å²) in [5.41, 5.74) is 0. The maximum absolute atomic E-state index is 11.0. The summed E-state index contributed by atoms with van der Waals surface area (Å²) in [6.45, 7) is 2.65. The number of aliphatic hydroxyl groups excluding tert-OH is 1. The minimum absolute atomic E-state index is 0.114. The summed E-state index contributed by atoms with van der Waals surface area (Å²) in [7, 11) is 0. The van der Waals surface area contributed by atoms with Gasteiger partial charge in [0.2, 0.25) is 0 Å². The Balaban J connectivity index is 3.01. The molecule has 0 unspecified atom stereocenters. The normalized spacial score (nSPS) is 10.7. The van der Waals surface area contributed by atoms with E-state index in [-0.39, 0.29) is 19.0 Å². The smallest absolute Gasteiger partial charge is 0.308 e. The van der Waals surface area contributed by atoms with Crippen LogP contribution in [0.25, 0.3) is 0 Å². The number of unbranched alkanes of at least 4 members (excludes halogenated alkanes) is 11. The van der Waals surface area contributed by atoms with Gasteiger partial charge in [-0.3, -0.25) is 4.79 Å². The Hall–Kier alpha value is -0.570. The zero-order valence-electron chi connectivity index (χ0n) is 13.4. The summed E-state index contributed by atoms with van der Waals surface area (Å²) in [6, 6.07) is 0. The average molecular weight is 286 g/mol.